The van der Waals surface area contributed by atoms with E-state index in [9.17, 15) is 0 Å². The van der Waals surface area contributed by atoms with Gasteiger partial charge >= 0.3 is 0 Å². The number of nitrogens with zero attached hydrogens (tertiary/aromatic N) is 2. The predicted octanol–water partition coefficient (Wildman–Crippen LogP) is 4.65. The van der Waals surface area contributed by atoms with Crippen molar-refractivity contribution in [1.29, 1.82) is 5.41 Å². The molecule has 23 heavy (non-hydrogen) atoms. The lowest BCUT2D eigenvalue weighted by molar-refractivity contribution is 1.03. The van der Waals surface area contributed by atoms with Crippen LogP contribution in [0.4, 0.5) is 0 Å². The number of rotatable bonds is 4. The van der Waals surface area contributed by atoms with E-state index in [1.807, 2.05) is 36.4 Å². The van der Waals surface area contributed by atoms with Crippen LogP contribution in [0.25, 0.3) is 11.0 Å². The summed E-state index contributed by atoms with van der Waals surface area (Å²) in [7, 11) is 0. The number of hydrogen-bond acceptors (Lipinski definition) is 3. The van der Waals surface area contributed by atoms with E-state index in [2.05, 4.69) is 12.1 Å². The van der Waals surface area contributed by atoms with Crippen molar-refractivity contribution >= 4 is 28.3 Å². The van der Waals surface area contributed by atoms with Gasteiger partial charge in [0.15, 0.2) is 0 Å². The van der Waals surface area contributed by atoms with E-state index >= 15 is 0 Å². The first kappa shape index (κ1) is 14.3. The van der Waals surface area contributed by atoms with Crippen LogP contribution in [-0.2, 0) is 6.42 Å². The molecule has 4 rings (SSSR count). The highest BCUT2D eigenvalue weighted by Crippen LogP contribution is 2.33. The standard InChI is InChI=1S/C19H16ClN3/c20-14-8-9-15-16(11-14)23-19(18(21)13-6-7-13)17(22-15)10-12-4-2-1-3-5-12/h1-5,8-9,11,13,21H,6-7,10H2. The second-order valence-corrected chi connectivity index (χ2v) is 6.44. The second-order valence-electron chi connectivity index (χ2n) is 6.00. The fraction of sp³-hybridized carbons (Fsp3) is 0.211. The average Bonchev–Trinajstić information content (AvgIpc) is 3.40. The highest BCUT2D eigenvalue weighted by molar-refractivity contribution is 6.31. The average molecular weight is 322 g/mol. The molecule has 0 radical (unpaired) electrons. The Morgan fingerprint density at radius 3 is 2.57 bits per heavy atom. The van der Waals surface area contributed by atoms with Crippen LogP contribution < -0.4 is 0 Å². The quantitative estimate of drug-likeness (QED) is 0.711. The van der Waals surface area contributed by atoms with Crippen LogP contribution >= 0.6 is 11.6 Å². The molecule has 2 aromatic carbocycles. The van der Waals surface area contributed by atoms with Gasteiger partial charge in [-0.2, -0.15) is 0 Å². The van der Waals surface area contributed by atoms with Gasteiger partial charge in [0.25, 0.3) is 0 Å². The number of benzene rings is 2. The molecule has 0 atom stereocenters. The minimum Gasteiger partial charge on any atom is -0.303 e. The van der Waals surface area contributed by atoms with Crippen LogP contribution in [0, 0.1) is 11.3 Å². The van der Waals surface area contributed by atoms with Gasteiger partial charge in [-0.15, -0.1) is 0 Å². The number of nitrogens with one attached hydrogen (secondary N) is 1. The molecule has 0 bridgehead atoms. The van der Waals surface area contributed by atoms with Crippen molar-refractivity contribution in [2.24, 2.45) is 5.92 Å². The molecule has 114 valence electrons. The molecular weight excluding hydrogens is 306 g/mol. The molecule has 4 heteroatoms. The molecule has 1 saturated carbocycles. The van der Waals surface area contributed by atoms with Crippen LogP contribution in [0.3, 0.4) is 0 Å². The maximum atomic E-state index is 8.45. The monoisotopic (exact) mass is 321 g/mol. The third-order valence-electron chi connectivity index (χ3n) is 4.15. The zero-order valence-electron chi connectivity index (χ0n) is 12.6. The SMILES string of the molecule is N=C(c1nc2cc(Cl)ccc2nc1Cc1ccccc1)C1CC1. The Labute approximate surface area is 139 Å². The zero-order valence-corrected chi connectivity index (χ0v) is 13.3. The molecule has 1 aliphatic rings. The van der Waals surface area contributed by atoms with E-state index in [4.69, 9.17) is 27.0 Å². The Balaban J connectivity index is 1.84. The Bertz CT molecular complexity index is 886. The van der Waals surface area contributed by atoms with E-state index in [-0.39, 0.29) is 0 Å². The van der Waals surface area contributed by atoms with Crippen LogP contribution in [0.1, 0.15) is 29.8 Å². The molecule has 0 aliphatic heterocycles. The van der Waals surface area contributed by atoms with Gasteiger partial charge in [0.05, 0.1) is 22.4 Å². The van der Waals surface area contributed by atoms with Gasteiger partial charge in [-0.05, 0) is 36.6 Å². The van der Waals surface area contributed by atoms with Gasteiger partial charge in [0.1, 0.15) is 5.69 Å². The predicted molar refractivity (Wildman–Crippen MR) is 93.3 cm³/mol. The third-order valence-corrected chi connectivity index (χ3v) is 4.39. The van der Waals surface area contributed by atoms with E-state index in [0.29, 0.717) is 23.1 Å². The van der Waals surface area contributed by atoms with Crippen LogP contribution in [0.15, 0.2) is 48.5 Å². The summed E-state index contributed by atoms with van der Waals surface area (Å²) >= 11 is 6.07. The van der Waals surface area contributed by atoms with Gasteiger partial charge < -0.3 is 5.41 Å². The Hall–Kier alpha value is -2.26. The molecule has 0 amide bonds. The Morgan fingerprint density at radius 2 is 1.83 bits per heavy atom. The van der Waals surface area contributed by atoms with E-state index in [1.165, 1.54) is 5.56 Å². The number of fused-ring (bicyclic) bond motifs is 1. The summed E-state index contributed by atoms with van der Waals surface area (Å²) in [5.74, 6) is 0.343. The van der Waals surface area contributed by atoms with Crippen LogP contribution in [-0.4, -0.2) is 15.7 Å². The van der Waals surface area contributed by atoms with Crippen molar-refractivity contribution < 1.29 is 0 Å². The Kier molecular flexibility index (Phi) is 3.58. The molecule has 1 heterocycles. The summed E-state index contributed by atoms with van der Waals surface area (Å²) in [4.78, 5) is 9.50. The van der Waals surface area contributed by atoms with Crippen molar-refractivity contribution in [2.75, 3.05) is 0 Å². The zero-order chi connectivity index (χ0) is 15.8. The van der Waals surface area contributed by atoms with Crippen LogP contribution in [0.5, 0.6) is 0 Å². The fourth-order valence-electron chi connectivity index (χ4n) is 2.76. The second kappa shape index (κ2) is 5.74. The largest absolute Gasteiger partial charge is 0.303 e. The van der Waals surface area contributed by atoms with Crippen LogP contribution in [0.2, 0.25) is 5.02 Å². The molecule has 3 aromatic rings. The first-order valence-electron chi connectivity index (χ1n) is 7.79. The van der Waals surface area contributed by atoms with Crippen molar-refractivity contribution in [2.45, 2.75) is 19.3 Å². The highest BCUT2D eigenvalue weighted by atomic mass is 35.5. The molecule has 3 nitrogen and oxygen atoms in total. The van der Waals surface area contributed by atoms with Gasteiger partial charge in [-0.1, -0.05) is 41.9 Å². The Morgan fingerprint density at radius 1 is 1.04 bits per heavy atom. The minimum atomic E-state index is 0.343. The minimum absolute atomic E-state index is 0.343. The van der Waals surface area contributed by atoms with Gasteiger partial charge in [0.2, 0.25) is 0 Å². The molecule has 0 unspecified atom stereocenters. The summed E-state index contributed by atoms with van der Waals surface area (Å²) in [6.07, 6.45) is 2.86. The van der Waals surface area contributed by atoms with Crippen molar-refractivity contribution in [3.8, 4) is 0 Å². The lowest BCUT2D eigenvalue weighted by Crippen LogP contribution is -2.11. The first-order valence-corrected chi connectivity index (χ1v) is 8.17. The molecule has 1 aromatic heterocycles. The van der Waals surface area contributed by atoms with Gasteiger partial charge in [-0.3, -0.25) is 0 Å². The van der Waals surface area contributed by atoms with Crippen molar-refractivity contribution in [1.82, 2.24) is 9.97 Å². The van der Waals surface area contributed by atoms with Crippen molar-refractivity contribution in [3.63, 3.8) is 0 Å². The lowest BCUT2D eigenvalue weighted by atomic mass is 10.0. The van der Waals surface area contributed by atoms with E-state index < -0.39 is 0 Å². The molecule has 1 fully saturated rings. The highest BCUT2D eigenvalue weighted by Gasteiger charge is 2.30. The lowest BCUT2D eigenvalue weighted by Gasteiger charge is -2.11. The van der Waals surface area contributed by atoms with Gasteiger partial charge in [0, 0.05) is 17.4 Å². The maximum Gasteiger partial charge on any atom is 0.107 e. The first-order chi connectivity index (χ1) is 11.2. The molecule has 0 spiro atoms. The number of aromatic nitrogens is 2. The summed E-state index contributed by atoms with van der Waals surface area (Å²) in [6.45, 7) is 0. The van der Waals surface area contributed by atoms with Crippen molar-refractivity contribution in [3.05, 3.63) is 70.5 Å². The van der Waals surface area contributed by atoms with Gasteiger partial charge in [-0.25, -0.2) is 9.97 Å². The molecular formula is C19H16ClN3. The fourth-order valence-corrected chi connectivity index (χ4v) is 2.92. The van der Waals surface area contributed by atoms with E-state index in [0.717, 1.165) is 35.3 Å². The third kappa shape index (κ3) is 2.97. The summed E-state index contributed by atoms with van der Waals surface area (Å²) in [6, 6.07) is 15.8. The smallest absolute Gasteiger partial charge is 0.107 e. The topological polar surface area (TPSA) is 49.6 Å². The normalized spacial score (nSPS) is 14.1. The molecule has 0 saturated heterocycles. The molecule has 1 aliphatic carbocycles. The summed E-state index contributed by atoms with van der Waals surface area (Å²) < 4.78 is 0. The summed E-state index contributed by atoms with van der Waals surface area (Å²) in [5, 5.41) is 9.09. The molecule has 1 N–H and O–H groups in total. The summed E-state index contributed by atoms with van der Waals surface area (Å²) in [5.41, 5.74) is 4.99. The number of hydrogen-bond donors (Lipinski definition) is 1. The van der Waals surface area contributed by atoms with E-state index in [1.54, 1.807) is 0 Å². The number of halogens is 1. The maximum absolute atomic E-state index is 8.45.